The van der Waals surface area contributed by atoms with Crippen LogP contribution in [0.5, 0.6) is 0 Å². The summed E-state index contributed by atoms with van der Waals surface area (Å²) in [6, 6.07) is 0. The van der Waals surface area contributed by atoms with Crippen molar-refractivity contribution in [1.29, 1.82) is 0 Å². The molecule has 0 unspecified atom stereocenters. The summed E-state index contributed by atoms with van der Waals surface area (Å²) in [5, 5.41) is 0.932. The van der Waals surface area contributed by atoms with Gasteiger partial charge in [0.05, 0.1) is 7.11 Å². The zero-order chi connectivity index (χ0) is 17.1. The summed E-state index contributed by atoms with van der Waals surface area (Å²) in [5.74, 6) is -2.34. The second-order valence-electron chi connectivity index (χ2n) is 5.10. The molecule has 0 saturated carbocycles. The van der Waals surface area contributed by atoms with Crippen LogP contribution in [-0.2, 0) is 37.5 Å². The van der Waals surface area contributed by atoms with Crippen molar-refractivity contribution in [2.24, 2.45) is 0 Å². The van der Waals surface area contributed by atoms with Crippen molar-refractivity contribution in [3.05, 3.63) is 0 Å². The maximum absolute atomic E-state index is 12.3. The van der Waals surface area contributed by atoms with Gasteiger partial charge in [-0.15, -0.1) is 0 Å². The molecule has 0 bridgehead atoms. The first-order valence-corrected chi connectivity index (χ1v) is 8.22. The van der Waals surface area contributed by atoms with E-state index in [0.29, 0.717) is 0 Å². The number of rotatable bonds is 7. The van der Waals surface area contributed by atoms with Gasteiger partial charge in [-0.05, 0) is 13.8 Å². The summed E-state index contributed by atoms with van der Waals surface area (Å²) in [4.78, 5) is 29.3. The molecule has 1 rings (SSSR count). The number of carbonyl (C=O) groups is 2. The zero-order valence-electron chi connectivity index (χ0n) is 13.5. The number of ether oxygens (including phenoxy) is 2. The van der Waals surface area contributed by atoms with Crippen molar-refractivity contribution in [2.75, 3.05) is 34.5 Å². The van der Waals surface area contributed by atoms with Crippen molar-refractivity contribution in [1.82, 2.24) is 5.06 Å². The van der Waals surface area contributed by atoms with E-state index in [1.807, 2.05) is 0 Å². The number of likely N-dealkylation sites (N-methyl/N-ethyl adjacent to an activating group) is 1. The Hall–Kier alpha value is -0.830. The Kier molecular flexibility index (Phi) is 6.26. The highest BCUT2D eigenvalue weighted by molar-refractivity contribution is 7.54. The fourth-order valence-electron chi connectivity index (χ4n) is 1.93. The van der Waals surface area contributed by atoms with Gasteiger partial charge in [0, 0.05) is 21.3 Å². The predicted molar refractivity (Wildman–Crippen MR) is 75.1 cm³/mol. The summed E-state index contributed by atoms with van der Waals surface area (Å²) >= 11 is 0. The number of hydroxylamine groups is 2. The molecule has 0 aromatic rings. The highest BCUT2D eigenvalue weighted by Gasteiger charge is 2.50. The molecule has 9 nitrogen and oxygen atoms in total. The lowest BCUT2D eigenvalue weighted by Crippen LogP contribution is -2.45. The van der Waals surface area contributed by atoms with Gasteiger partial charge in [-0.2, -0.15) is 0 Å². The van der Waals surface area contributed by atoms with Crippen molar-refractivity contribution in [2.45, 2.75) is 31.8 Å². The molecule has 0 radical (unpaired) electrons. The van der Waals surface area contributed by atoms with Crippen LogP contribution >= 0.6 is 7.60 Å². The topological polar surface area (TPSA) is 101 Å². The second kappa shape index (κ2) is 7.16. The van der Waals surface area contributed by atoms with Crippen LogP contribution < -0.4 is 0 Å². The van der Waals surface area contributed by atoms with E-state index in [0.717, 1.165) is 5.06 Å². The molecule has 0 aromatic carbocycles. The summed E-state index contributed by atoms with van der Waals surface area (Å²) < 4.78 is 32.5. The van der Waals surface area contributed by atoms with E-state index in [2.05, 4.69) is 0 Å². The standard InChI is InChI=1S/C12H22NO8P/c1-12(2)20-9(8(14)7-22(16,18-5)19-6)10(21-12)11(15)13(3)17-4/h9-10H,7H2,1-6H3/t9-,10+/m0/s1. The van der Waals surface area contributed by atoms with Gasteiger partial charge in [0.15, 0.2) is 23.8 Å². The minimum absolute atomic E-state index is 0.523. The monoisotopic (exact) mass is 339 g/mol. The summed E-state index contributed by atoms with van der Waals surface area (Å²) in [7, 11) is 1.48. The Morgan fingerprint density at radius 1 is 1.14 bits per heavy atom. The Balaban J connectivity index is 2.96. The van der Waals surface area contributed by atoms with Crippen LogP contribution in [0.3, 0.4) is 0 Å². The fraction of sp³-hybridized carbons (Fsp3) is 0.833. The van der Waals surface area contributed by atoms with Crippen LogP contribution in [0.2, 0.25) is 0 Å². The molecule has 1 saturated heterocycles. The van der Waals surface area contributed by atoms with Gasteiger partial charge >= 0.3 is 7.60 Å². The van der Waals surface area contributed by atoms with Gasteiger partial charge in [0.1, 0.15) is 6.16 Å². The van der Waals surface area contributed by atoms with Gasteiger partial charge in [-0.1, -0.05) is 0 Å². The van der Waals surface area contributed by atoms with Crippen LogP contribution in [0.4, 0.5) is 0 Å². The molecule has 0 aromatic heterocycles. The maximum atomic E-state index is 12.3. The average Bonchev–Trinajstić information content (AvgIpc) is 2.81. The van der Waals surface area contributed by atoms with Crippen molar-refractivity contribution in [3.63, 3.8) is 0 Å². The second-order valence-corrected chi connectivity index (χ2v) is 7.36. The van der Waals surface area contributed by atoms with Crippen LogP contribution in [0.25, 0.3) is 0 Å². The number of nitrogens with zero attached hydrogens (tertiary/aromatic N) is 1. The van der Waals surface area contributed by atoms with E-state index in [1.54, 1.807) is 13.8 Å². The highest BCUT2D eigenvalue weighted by Crippen LogP contribution is 2.47. The maximum Gasteiger partial charge on any atom is 0.337 e. The van der Waals surface area contributed by atoms with E-state index < -0.39 is 43.4 Å². The number of hydrogen-bond donors (Lipinski definition) is 0. The number of ketones is 1. The van der Waals surface area contributed by atoms with E-state index in [9.17, 15) is 14.2 Å². The Morgan fingerprint density at radius 2 is 1.64 bits per heavy atom. The third-order valence-corrected chi connectivity index (χ3v) is 4.96. The molecule has 0 spiro atoms. The molecule has 1 heterocycles. The van der Waals surface area contributed by atoms with Crippen molar-refractivity contribution >= 4 is 19.3 Å². The lowest BCUT2D eigenvalue weighted by molar-refractivity contribution is -0.187. The van der Waals surface area contributed by atoms with E-state index in [1.165, 1.54) is 28.4 Å². The molecule has 0 aliphatic carbocycles. The van der Waals surface area contributed by atoms with Crippen LogP contribution in [0.1, 0.15) is 13.8 Å². The van der Waals surface area contributed by atoms with Gasteiger partial charge in [0.2, 0.25) is 0 Å². The molecule has 10 heteroatoms. The van der Waals surface area contributed by atoms with Crippen molar-refractivity contribution < 1.29 is 37.5 Å². The normalized spacial score (nSPS) is 24.3. The van der Waals surface area contributed by atoms with Gasteiger partial charge in [0.25, 0.3) is 5.91 Å². The third kappa shape index (κ3) is 4.34. The average molecular weight is 339 g/mol. The highest BCUT2D eigenvalue weighted by atomic mass is 31.2. The minimum Gasteiger partial charge on any atom is -0.336 e. The molecular formula is C12H22NO8P. The SMILES string of the molecule is CON(C)C(=O)[C@@H]1OC(C)(C)O[C@H]1C(=O)CP(=O)(OC)OC. The summed E-state index contributed by atoms with van der Waals surface area (Å²) in [6.45, 7) is 3.14. The summed E-state index contributed by atoms with van der Waals surface area (Å²) in [5.41, 5.74) is 0. The van der Waals surface area contributed by atoms with Crippen LogP contribution in [-0.4, -0.2) is 69.3 Å². The van der Waals surface area contributed by atoms with E-state index in [4.69, 9.17) is 23.4 Å². The molecule has 1 aliphatic rings. The number of amides is 1. The predicted octanol–water partition coefficient (Wildman–Crippen LogP) is 0.581. The fourth-order valence-corrected chi connectivity index (χ4v) is 2.90. The molecule has 1 aliphatic heterocycles. The Labute approximate surface area is 129 Å². The Morgan fingerprint density at radius 3 is 2.09 bits per heavy atom. The third-order valence-electron chi connectivity index (χ3n) is 3.15. The molecule has 2 atom stereocenters. The Bertz CT molecular complexity index is 472. The van der Waals surface area contributed by atoms with Gasteiger partial charge < -0.3 is 18.5 Å². The molecular weight excluding hydrogens is 317 g/mol. The lowest BCUT2D eigenvalue weighted by atomic mass is 10.1. The zero-order valence-corrected chi connectivity index (χ0v) is 14.4. The van der Waals surface area contributed by atoms with Gasteiger partial charge in [-0.25, -0.2) is 5.06 Å². The van der Waals surface area contributed by atoms with Crippen LogP contribution in [0.15, 0.2) is 0 Å². The number of carbonyl (C=O) groups excluding carboxylic acids is 2. The molecule has 22 heavy (non-hydrogen) atoms. The molecule has 1 fully saturated rings. The summed E-state index contributed by atoms with van der Waals surface area (Å²) in [6.07, 6.45) is -2.95. The first kappa shape index (κ1) is 19.2. The molecule has 1 amide bonds. The van der Waals surface area contributed by atoms with Gasteiger partial charge in [-0.3, -0.25) is 19.0 Å². The molecule has 128 valence electrons. The molecule has 0 N–H and O–H groups in total. The van der Waals surface area contributed by atoms with E-state index in [-0.39, 0.29) is 0 Å². The smallest absolute Gasteiger partial charge is 0.336 e. The largest absolute Gasteiger partial charge is 0.337 e. The number of hydrogen-bond acceptors (Lipinski definition) is 8. The quantitative estimate of drug-likeness (QED) is 0.490. The first-order chi connectivity index (χ1) is 10.1. The van der Waals surface area contributed by atoms with E-state index >= 15 is 0 Å². The first-order valence-electron chi connectivity index (χ1n) is 6.49. The van der Waals surface area contributed by atoms with Crippen molar-refractivity contribution in [3.8, 4) is 0 Å². The number of Topliss-reactive ketones (excluding diaryl/α,β-unsaturated/α-hetero) is 1. The lowest BCUT2D eigenvalue weighted by Gasteiger charge is -2.21. The van der Waals surface area contributed by atoms with Crippen LogP contribution in [0, 0.1) is 0 Å². The minimum atomic E-state index is -3.56.